The summed E-state index contributed by atoms with van der Waals surface area (Å²) in [5, 5.41) is 2.18. The van der Waals surface area contributed by atoms with Crippen LogP contribution in [0.15, 0.2) is 15.9 Å². The molecule has 0 unspecified atom stereocenters. The molecule has 0 radical (unpaired) electrons. The first kappa shape index (κ1) is 10.3. The molecule has 1 nitrogen and oxygen atoms in total. The van der Waals surface area contributed by atoms with Gasteiger partial charge in [-0.3, -0.25) is 4.90 Å². The molecule has 3 fully saturated rings. The van der Waals surface area contributed by atoms with Crippen LogP contribution in [0.25, 0.3) is 0 Å². The molecule has 4 rings (SSSR count). The Labute approximate surface area is 104 Å². The zero-order valence-corrected chi connectivity index (χ0v) is 11.2. The molecule has 82 valence electrons. The summed E-state index contributed by atoms with van der Waals surface area (Å²) >= 11 is 5.51. The van der Waals surface area contributed by atoms with Gasteiger partial charge in [0.05, 0.1) is 0 Å². The molecule has 2 saturated heterocycles. The van der Waals surface area contributed by atoms with Crippen LogP contribution in [0.2, 0.25) is 0 Å². The molecule has 2 bridgehead atoms. The van der Waals surface area contributed by atoms with Crippen molar-refractivity contribution < 1.29 is 0 Å². The van der Waals surface area contributed by atoms with E-state index in [1.807, 2.05) is 11.3 Å². The highest BCUT2D eigenvalue weighted by Crippen LogP contribution is 2.36. The van der Waals surface area contributed by atoms with Gasteiger partial charge in [0, 0.05) is 28.5 Å². The summed E-state index contributed by atoms with van der Waals surface area (Å²) in [6.07, 6.45) is 5.83. The van der Waals surface area contributed by atoms with Gasteiger partial charge in [-0.1, -0.05) is 0 Å². The first-order valence-corrected chi connectivity index (χ1v) is 7.46. The van der Waals surface area contributed by atoms with E-state index in [1.165, 1.54) is 48.1 Å². The monoisotopic (exact) mass is 285 g/mol. The van der Waals surface area contributed by atoms with Crippen LogP contribution < -0.4 is 0 Å². The van der Waals surface area contributed by atoms with Crippen molar-refractivity contribution in [1.82, 2.24) is 4.90 Å². The Balaban J connectivity index is 1.71. The lowest BCUT2D eigenvalue weighted by molar-refractivity contribution is 0.0433. The maximum atomic E-state index is 3.63. The summed E-state index contributed by atoms with van der Waals surface area (Å²) in [5.74, 6) is 0.994. The minimum Gasteiger partial charge on any atom is -0.295 e. The third-order valence-electron chi connectivity index (χ3n) is 3.86. The van der Waals surface area contributed by atoms with E-state index < -0.39 is 0 Å². The molecule has 1 saturated carbocycles. The number of rotatable bonds is 2. The third kappa shape index (κ3) is 2.02. The summed E-state index contributed by atoms with van der Waals surface area (Å²) in [5.41, 5.74) is 0. The quantitative estimate of drug-likeness (QED) is 0.797. The molecule has 0 N–H and O–H groups in total. The molecular weight excluding hydrogens is 270 g/mol. The predicted octanol–water partition coefficient (Wildman–Crippen LogP) is 3.89. The first-order chi connectivity index (χ1) is 7.33. The van der Waals surface area contributed by atoms with E-state index in [0.717, 1.165) is 12.0 Å². The molecule has 3 aliphatic rings. The molecule has 15 heavy (non-hydrogen) atoms. The number of fused-ring (bicyclic) bond motifs is 3. The van der Waals surface area contributed by atoms with Crippen LogP contribution >= 0.6 is 27.3 Å². The van der Waals surface area contributed by atoms with Gasteiger partial charge in [0.1, 0.15) is 0 Å². The molecule has 0 aromatic carbocycles. The van der Waals surface area contributed by atoms with Gasteiger partial charge in [-0.2, -0.15) is 0 Å². The SMILES string of the molecule is Brc1ccsc1CN1CC2CCC1CC2. The fraction of sp³-hybridized carbons (Fsp3) is 0.667. The zero-order valence-electron chi connectivity index (χ0n) is 8.79. The number of piperidine rings is 2. The number of hydrogen-bond donors (Lipinski definition) is 0. The fourth-order valence-corrected chi connectivity index (χ4v) is 4.49. The summed E-state index contributed by atoms with van der Waals surface area (Å²) in [7, 11) is 0. The van der Waals surface area contributed by atoms with Crippen LogP contribution in [-0.2, 0) is 6.54 Å². The van der Waals surface area contributed by atoms with Crippen molar-refractivity contribution in [3.63, 3.8) is 0 Å². The van der Waals surface area contributed by atoms with E-state index in [4.69, 9.17) is 0 Å². The summed E-state index contributed by atoms with van der Waals surface area (Å²) in [4.78, 5) is 4.20. The van der Waals surface area contributed by atoms with Gasteiger partial charge in [-0.25, -0.2) is 0 Å². The minimum atomic E-state index is 0.879. The predicted molar refractivity (Wildman–Crippen MR) is 68.2 cm³/mol. The van der Waals surface area contributed by atoms with Crippen molar-refractivity contribution in [2.45, 2.75) is 38.3 Å². The van der Waals surface area contributed by atoms with Gasteiger partial charge in [-0.15, -0.1) is 11.3 Å². The van der Waals surface area contributed by atoms with Gasteiger partial charge in [0.15, 0.2) is 0 Å². The van der Waals surface area contributed by atoms with Crippen molar-refractivity contribution >= 4 is 27.3 Å². The molecule has 3 heteroatoms. The topological polar surface area (TPSA) is 3.24 Å². The minimum absolute atomic E-state index is 0.879. The molecule has 0 atom stereocenters. The summed E-state index contributed by atoms with van der Waals surface area (Å²) < 4.78 is 1.30. The largest absolute Gasteiger partial charge is 0.295 e. The smallest absolute Gasteiger partial charge is 0.0342 e. The average molecular weight is 286 g/mol. The normalized spacial score (nSPS) is 31.0. The van der Waals surface area contributed by atoms with Crippen LogP contribution in [0.3, 0.4) is 0 Å². The van der Waals surface area contributed by atoms with Crippen LogP contribution in [-0.4, -0.2) is 17.5 Å². The summed E-state index contributed by atoms with van der Waals surface area (Å²) in [6.45, 7) is 2.51. The maximum Gasteiger partial charge on any atom is 0.0342 e. The van der Waals surface area contributed by atoms with E-state index >= 15 is 0 Å². The lowest BCUT2D eigenvalue weighted by Crippen LogP contribution is -2.47. The zero-order chi connectivity index (χ0) is 10.3. The lowest BCUT2D eigenvalue weighted by atomic mass is 9.80. The highest BCUT2D eigenvalue weighted by Gasteiger charge is 2.33. The lowest BCUT2D eigenvalue weighted by Gasteiger charge is -2.45. The standard InChI is InChI=1S/C12H16BrNS/c13-11-5-6-15-12(11)8-14-7-9-1-3-10(14)4-2-9/h5-6,9-10H,1-4,7-8H2. The van der Waals surface area contributed by atoms with Gasteiger partial charge in [0.2, 0.25) is 0 Å². The average Bonchev–Trinajstić information content (AvgIpc) is 2.66. The van der Waals surface area contributed by atoms with E-state index in [-0.39, 0.29) is 0 Å². The molecule has 1 aromatic heterocycles. The Morgan fingerprint density at radius 3 is 2.67 bits per heavy atom. The highest BCUT2D eigenvalue weighted by atomic mass is 79.9. The number of thiophene rings is 1. The Morgan fingerprint density at radius 1 is 1.33 bits per heavy atom. The molecule has 2 aliphatic heterocycles. The summed E-state index contributed by atoms with van der Waals surface area (Å²) in [6, 6.07) is 3.05. The molecular formula is C12H16BrNS. The molecule has 0 spiro atoms. The molecule has 1 aliphatic carbocycles. The second-order valence-electron chi connectivity index (χ2n) is 4.80. The van der Waals surface area contributed by atoms with E-state index in [0.29, 0.717) is 0 Å². The molecule has 0 amide bonds. The Bertz CT molecular complexity index is 341. The molecule has 1 aromatic rings. The number of halogens is 1. The van der Waals surface area contributed by atoms with Gasteiger partial charge in [-0.05, 0) is 59.0 Å². The highest BCUT2D eigenvalue weighted by molar-refractivity contribution is 9.10. The third-order valence-corrected chi connectivity index (χ3v) is 5.77. The Kier molecular flexibility index (Phi) is 2.88. The van der Waals surface area contributed by atoms with Crippen molar-refractivity contribution in [2.75, 3.05) is 6.54 Å². The van der Waals surface area contributed by atoms with Crippen LogP contribution in [0.1, 0.15) is 30.6 Å². The number of nitrogens with zero attached hydrogens (tertiary/aromatic N) is 1. The van der Waals surface area contributed by atoms with Crippen molar-refractivity contribution in [3.05, 3.63) is 20.8 Å². The first-order valence-electron chi connectivity index (χ1n) is 5.79. The number of hydrogen-bond acceptors (Lipinski definition) is 2. The Hall–Kier alpha value is 0.140. The van der Waals surface area contributed by atoms with Crippen LogP contribution in [0, 0.1) is 5.92 Å². The second kappa shape index (κ2) is 4.19. The van der Waals surface area contributed by atoms with Gasteiger partial charge >= 0.3 is 0 Å². The van der Waals surface area contributed by atoms with Crippen LogP contribution in [0.4, 0.5) is 0 Å². The van der Waals surface area contributed by atoms with Gasteiger partial charge in [0.25, 0.3) is 0 Å². The fourth-order valence-electron chi connectivity index (χ4n) is 2.99. The van der Waals surface area contributed by atoms with Crippen molar-refractivity contribution in [1.29, 1.82) is 0 Å². The van der Waals surface area contributed by atoms with E-state index in [2.05, 4.69) is 32.3 Å². The Morgan fingerprint density at radius 2 is 2.13 bits per heavy atom. The van der Waals surface area contributed by atoms with E-state index in [9.17, 15) is 0 Å². The van der Waals surface area contributed by atoms with Crippen molar-refractivity contribution in [2.24, 2.45) is 5.92 Å². The van der Waals surface area contributed by atoms with E-state index in [1.54, 1.807) is 0 Å². The second-order valence-corrected chi connectivity index (χ2v) is 6.65. The van der Waals surface area contributed by atoms with Crippen molar-refractivity contribution in [3.8, 4) is 0 Å². The van der Waals surface area contributed by atoms with Gasteiger partial charge < -0.3 is 0 Å². The molecule has 3 heterocycles. The van der Waals surface area contributed by atoms with Crippen LogP contribution in [0.5, 0.6) is 0 Å². The maximum absolute atomic E-state index is 3.63.